The molecule has 1 fully saturated rings. The third-order valence-corrected chi connectivity index (χ3v) is 5.88. The fourth-order valence-corrected chi connectivity index (χ4v) is 4.38. The highest BCUT2D eigenvalue weighted by Crippen LogP contribution is 2.32. The number of morpholine rings is 1. The Hall–Kier alpha value is -1.29. The molecule has 3 rings (SSSR count). The predicted molar refractivity (Wildman–Crippen MR) is 88.0 cm³/mol. The van der Waals surface area contributed by atoms with Gasteiger partial charge in [0.2, 0.25) is 5.91 Å². The molecule has 1 aliphatic heterocycles. The number of ether oxygens (including phenoxy) is 1. The van der Waals surface area contributed by atoms with Gasteiger partial charge in [0.05, 0.1) is 18.0 Å². The summed E-state index contributed by atoms with van der Waals surface area (Å²) in [4.78, 5) is 30.6. The van der Waals surface area contributed by atoms with Crippen LogP contribution in [-0.2, 0) is 9.53 Å². The maximum atomic E-state index is 12.5. The van der Waals surface area contributed by atoms with Gasteiger partial charge in [0, 0.05) is 21.8 Å². The van der Waals surface area contributed by atoms with Gasteiger partial charge in [-0.1, -0.05) is 0 Å². The molecular formula is C13H12BrN3O3S2. The van der Waals surface area contributed by atoms with Gasteiger partial charge in [-0.2, -0.15) is 0 Å². The zero-order valence-electron chi connectivity index (χ0n) is 11.3. The number of thiazole rings is 1. The molecule has 2 aromatic heterocycles. The molecule has 0 unspecified atom stereocenters. The molecule has 2 N–H and O–H groups in total. The number of rotatable bonds is 3. The van der Waals surface area contributed by atoms with E-state index in [1.807, 2.05) is 11.4 Å². The van der Waals surface area contributed by atoms with E-state index < -0.39 is 12.0 Å². The van der Waals surface area contributed by atoms with Gasteiger partial charge in [0.1, 0.15) is 10.7 Å². The lowest BCUT2D eigenvalue weighted by atomic mass is 10.2. The van der Waals surface area contributed by atoms with Crippen molar-refractivity contribution in [3.05, 3.63) is 27.0 Å². The lowest BCUT2D eigenvalue weighted by Crippen LogP contribution is -2.50. The molecular weight excluding hydrogens is 390 g/mol. The highest BCUT2D eigenvalue weighted by atomic mass is 79.9. The molecule has 2 amide bonds. The third kappa shape index (κ3) is 3.22. The van der Waals surface area contributed by atoms with Crippen LogP contribution in [0, 0.1) is 0 Å². The third-order valence-electron chi connectivity index (χ3n) is 3.17. The van der Waals surface area contributed by atoms with E-state index in [1.54, 1.807) is 21.6 Å². The quantitative estimate of drug-likeness (QED) is 0.851. The summed E-state index contributed by atoms with van der Waals surface area (Å²) in [6, 6.07) is 1.97. The Labute approximate surface area is 143 Å². The first-order chi connectivity index (χ1) is 10.5. The van der Waals surface area contributed by atoms with E-state index in [1.165, 1.54) is 11.3 Å². The Morgan fingerprint density at radius 1 is 1.41 bits per heavy atom. The largest absolute Gasteiger partial charge is 0.367 e. The molecule has 0 saturated carbocycles. The van der Waals surface area contributed by atoms with E-state index in [2.05, 4.69) is 20.9 Å². The second-order valence-electron chi connectivity index (χ2n) is 4.68. The molecule has 3 heterocycles. The van der Waals surface area contributed by atoms with Crippen molar-refractivity contribution in [2.75, 3.05) is 19.7 Å². The van der Waals surface area contributed by atoms with Crippen molar-refractivity contribution in [3.63, 3.8) is 0 Å². The highest BCUT2D eigenvalue weighted by molar-refractivity contribution is 9.10. The van der Waals surface area contributed by atoms with Crippen LogP contribution in [-0.4, -0.2) is 47.5 Å². The summed E-state index contributed by atoms with van der Waals surface area (Å²) in [5.74, 6) is -0.757. The van der Waals surface area contributed by atoms with Crippen LogP contribution < -0.4 is 5.73 Å². The molecule has 1 saturated heterocycles. The van der Waals surface area contributed by atoms with Gasteiger partial charge in [-0.25, -0.2) is 4.98 Å². The first-order valence-corrected chi connectivity index (χ1v) is 9.00. The van der Waals surface area contributed by atoms with Gasteiger partial charge < -0.3 is 15.4 Å². The number of halogens is 1. The van der Waals surface area contributed by atoms with Crippen LogP contribution in [0.4, 0.5) is 0 Å². The Morgan fingerprint density at radius 3 is 2.91 bits per heavy atom. The molecule has 0 bridgehead atoms. The Kier molecular flexibility index (Phi) is 4.57. The summed E-state index contributed by atoms with van der Waals surface area (Å²) in [5.41, 5.74) is 5.62. The van der Waals surface area contributed by atoms with E-state index >= 15 is 0 Å². The zero-order valence-corrected chi connectivity index (χ0v) is 14.5. The van der Waals surface area contributed by atoms with Gasteiger partial charge >= 0.3 is 0 Å². The van der Waals surface area contributed by atoms with Crippen LogP contribution >= 0.6 is 38.6 Å². The van der Waals surface area contributed by atoms with Crippen molar-refractivity contribution >= 4 is 50.4 Å². The zero-order chi connectivity index (χ0) is 15.7. The number of thiophene rings is 1. The van der Waals surface area contributed by atoms with Gasteiger partial charge in [0.25, 0.3) is 5.91 Å². The highest BCUT2D eigenvalue weighted by Gasteiger charge is 2.29. The van der Waals surface area contributed by atoms with Crippen LogP contribution in [0.1, 0.15) is 10.5 Å². The van der Waals surface area contributed by atoms with E-state index in [9.17, 15) is 9.59 Å². The van der Waals surface area contributed by atoms with E-state index in [0.717, 1.165) is 14.4 Å². The second-order valence-corrected chi connectivity index (χ2v) is 7.37. The molecule has 0 aliphatic carbocycles. The molecule has 1 atom stereocenters. The van der Waals surface area contributed by atoms with Crippen LogP contribution in [0.15, 0.2) is 21.3 Å². The number of amides is 2. The van der Waals surface area contributed by atoms with Crippen molar-refractivity contribution in [1.29, 1.82) is 0 Å². The number of nitrogens with zero attached hydrogens (tertiary/aromatic N) is 2. The minimum Gasteiger partial charge on any atom is -0.367 e. The number of nitrogens with two attached hydrogens (primary N) is 1. The fourth-order valence-electron chi connectivity index (χ4n) is 2.08. The average molecular weight is 402 g/mol. The van der Waals surface area contributed by atoms with E-state index in [4.69, 9.17) is 10.5 Å². The van der Waals surface area contributed by atoms with Crippen molar-refractivity contribution in [2.45, 2.75) is 6.10 Å². The summed E-state index contributed by atoms with van der Waals surface area (Å²) in [5, 5.41) is 4.51. The summed E-state index contributed by atoms with van der Waals surface area (Å²) < 4.78 is 6.24. The Bertz CT molecular complexity index is 715. The van der Waals surface area contributed by atoms with Gasteiger partial charge in [-0.05, 0) is 22.0 Å². The molecule has 1 aliphatic rings. The standard InChI is InChI=1S/C13H12BrN3O3S2/c14-7-3-10(21-5-7)12-16-8(6-22-12)13(19)17-1-2-20-9(4-17)11(15)18/h3,5-6,9H,1-2,4H2,(H2,15,18)/t9-/m0/s1. The molecule has 22 heavy (non-hydrogen) atoms. The van der Waals surface area contributed by atoms with Gasteiger partial charge in [-0.15, -0.1) is 22.7 Å². The normalized spacial score (nSPS) is 18.4. The second kappa shape index (κ2) is 6.45. The molecule has 0 radical (unpaired) electrons. The topological polar surface area (TPSA) is 85.5 Å². The lowest BCUT2D eigenvalue weighted by molar-refractivity contribution is -0.133. The smallest absolute Gasteiger partial charge is 0.273 e. The molecule has 116 valence electrons. The van der Waals surface area contributed by atoms with Gasteiger partial charge in [0.15, 0.2) is 6.10 Å². The minimum absolute atomic E-state index is 0.172. The first-order valence-electron chi connectivity index (χ1n) is 6.44. The summed E-state index contributed by atoms with van der Waals surface area (Å²) in [7, 11) is 0. The average Bonchev–Trinajstić information content (AvgIpc) is 3.15. The fraction of sp³-hybridized carbons (Fsp3) is 0.308. The summed E-state index contributed by atoms with van der Waals surface area (Å²) in [6.45, 7) is 0.903. The van der Waals surface area contributed by atoms with Crippen LogP contribution in [0.5, 0.6) is 0 Å². The van der Waals surface area contributed by atoms with Crippen molar-refractivity contribution in [1.82, 2.24) is 9.88 Å². The summed E-state index contributed by atoms with van der Waals surface area (Å²) >= 11 is 6.39. The molecule has 2 aromatic rings. The SMILES string of the molecule is NC(=O)[C@@H]1CN(C(=O)c2csc(-c3cc(Br)cs3)n2)CCO1. The molecule has 0 spiro atoms. The Morgan fingerprint density at radius 2 is 2.23 bits per heavy atom. The molecule has 0 aromatic carbocycles. The van der Waals surface area contributed by atoms with Crippen molar-refractivity contribution < 1.29 is 14.3 Å². The molecule has 6 nitrogen and oxygen atoms in total. The number of carbonyl (C=O) groups excluding carboxylic acids is 2. The number of primary amides is 1. The van der Waals surface area contributed by atoms with E-state index in [0.29, 0.717) is 18.8 Å². The maximum Gasteiger partial charge on any atom is 0.273 e. The van der Waals surface area contributed by atoms with Crippen molar-refractivity contribution in [2.24, 2.45) is 5.73 Å². The predicted octanol–water partition coefficient (Wildman–Crippen LogP) is 1.96. The number of hydrogen-bond acceptors (Lipinski definition) is 6. The van der Waals surface area contributed by atoms with Crippen molar-refractivity contribution in [3.8, 4) is 9.88 Å². The van der Waals surface area contributed by atoms with E-state index in [-0.39, 0.29) is 12.5 Å². The molecule has 9 heteroatoms. The van der Waals surface area contributed by atoms with Crippen LogP contribution in [0.25, 0.3) is 9.88 Å². The monoisotopic (exact) mass is 401 g/mol. The number of carbonyl (C=O) groups is 2. The van der Waals surface area contributed by atoms with Gasteiger partial charge in [-0.3, -0.25) is 9.59 Å². The number of hydrogen-bond donors (Lipinski definition) is 1. The van der Waals surface area contributed by atoms with Crippen LogP contribution in [0.2, 0.25) is 0 Å². The first kappa shape index (κ1) is 15.6. The van der Waals surface area contributed by atoms with Crippen LogP contribution in [0.3, 0.4) is 0 Å². The lowest BCUT2D eigenvalue weighted by Gasteiger charge is -2.30. The Balaban J connectivity index is 1.75. The maximum absolute atomic E-state index is 12.5. The minimum atomic E-state index is -0.746. The number of aromatic nitrogens is 1. The summed E-state index contributed by atoms with van der Waals surface area (Å²) in [6.07, 6.45) is -0.746.